The molecule has 0 spiro atoms. The van der Waals surface area contributed by atoms with Crippen molar-refractivity contribution < 1.29 is 4.79 Å². The molecule has 2 aromatic heterocycles. The Labute approximate surface area is 167 Å². The number of hydrogen-bond donors (Lipinski definition) is 1. The van der Waals surface area contributed by atoms with Crippen molar-refractivity contribution >= 4 is 11.9 Å². The Bertz CT molecular complexity index is 783. The molecule has 1 aliphatic carbocycles. The Balaban J connectivity index is 1.74. The van der Waals surface area contributed by atoms with Crippen LogP contribution in [0.4, 0.5) is 5.95 Å². The third kappa shape index (κ3) is 4.86. The van der Waals surface area contributed by atoms with E-state index in [1.807, 2.05) is 63.6 Å². The number of nitrogens with one attached hydrogen (secondary N) is 1. The summed E-state index contributed by atoms with van der Waals surface area (Å²) in [5, 5.41) is 3.09. The van der Waals surface area contributed by atoms with Crippen LogP contribution in [0.1, 0.15) is 51.1 Å². The van der Waals surface area contributed by atoms with E-state index < -0.39 is 0 Å². The number of rotatable bonds is 6. The predicted molar refractivity (Wildman–Crippen MR) is 112 cm³/mol. The maximum Gasteiger partial charge on any atom is 0.225 e. The quantitative estimate of drug-likeness (QED) is 0.827. The van der Waals surface area contributed by atoms with Crippen molar-refractivity contribution in [1.29, 1.82) is 0 Å². The summed E-state index contributed by atoms with van der Waals surface area (Å²) in [6, 6.07) is 4.04. The van der Waals surface area contributed by atoms with Gasteiger partial charge in [-0.25, -0.2) is 9.97 Å². The SMILES string of the molecule is CC(C)C(=O)NCC1CCC(c2nc(N(C)C)ncc2-c2ccncc2)CC1. The second kappa shape index (κ2) is 9.13. The average Bonchev–Trinajstić information content (AvgIpc) is 2.72. The van der Waals surface area contributed by atoms with Crippen LogP contribution in [-0.2, 0) is 4.79 Å². The summed E-state index contributed by atoms with van der Waals surface area (Å²) in [6.07, 6.45) is 9.97. The zero-order valence-electron chi connectivity index (χ0n) is 17.4. The largest absolute Gasteiger partial charge is 0.356 e. The Kier molecular flexibility index (Phi) is 6.60. The number of amides is 1. The first-order valence-corrected chi connectivity index (χ1v) is 10.2. The van der Waals surface area contributed by atoms with Crippen LogP contribution in [-0.4, -0.2) is 41.5 Å². The molecule has 1 aliphatic rings. The first-order valence-electron chi connectivity index (χ1n) is 10.2. The molecule has 1 N–H and O–H groups in total. The third-order valence-corrected chi connectivity index (χ3v) is 5.52. The first-order chi connectivity index (χ1) is 13.5. The lowest BCUT2D eigenvalue weighted by molar-refractivity contribution is -0.124. The number of pyridine rings is 1. The van der Waals surface area contributed by atoms with Crippen LogP contribution < -0.4 is 10.2 Å². The molecule has 0 aromatic carbocycles. The van der Waals surface area contributed by atoms with Gasteiger partial charge in [-0.3, -0.25) is 9.78 Å². The minimum absolute atomic E-state index is 0.0460. The minimum Gasteiger partial charge on any atom is -0.356 e. The van der Waals surface area contributed by atoms with Crippen molar-refractivity contribution in [3.8, 4) is 11.1 Å². The summed E-state index contributed by atoms with van der Waals surface area (Å²) in [5.41, 5.74) is 3.35. The molecule has 28 heavy (non-hydrogen) atoms. The number of hydrogen-bond acceptors (Lipinski definition) is 5. The molecule has 0 radical (unpaired) electrons. The van der Waals surface area contributed by atoms with Gasteiger partial charge < -0.3 is 10.2 Å². The highest BCUT2D eigenvalue weighted by atomic mass is 16.1. The van der Waals surface area contributed by atoms with E-state index in [9.17, 15) is 4.79 Å². The number of carbonyl (C=O) groups excluding carboxylic acids is 1. The predicted octanol–water partition coefficient (Wildman–Crippen LogP) is 3.65. The second-order valence-corrected chi connectivity index (χ2v) is 8.22. The van der Waals surface area contributed by atoms with E-state index in [4.69, 9.17) is 4.98 Å². The fourth-order valence-corrected chi connectivity index (χ4v) is 3.75. The van der Waals surface area contributed by atoms with Gasteiger partial charge in [0.1, 0.15) is 0 Å². The molecule has 0 unspecified atom stereocenters. The smallest absolute Gasteiger partial charge is 0.225 e. The summed E-state index contributed by atoms with van der Waals surface area (Å²) < 4.78 is 0. The summed E-state index contributed by atoms with van der Waals surface area (Å²) in [7, 11) is 3.94. The molecule has 1 fully saturated rings. The molecule has 1 amide bonds. The van der Waals surface area contributed by atoms with E-state index >= 15 is 0 Å². The highest BCUT2D eigenvalue weighted by molar-refractivity contribution is 5.77. The molecule has 3 rings (SSSR count). The van der Waals surface area contributed by atoms with Crippen LogP contribution in [0.5, 0.6) is 0 Å². The van der Waals surface area contributed by atoms with Crippen LogP contribution >= 0.6 is 0 Å². The zero-order valence-corrected chi connectivity index (χ0v) is 17.4. The van der Waals surface area contributed by atoms with Gasteiger partial charge in [0, 0.05) is 56.6 Å². The van der Waals surface area contributed by atoms with Crippen molar-refractivity contribution in [2.24, 2.45) is 11.8 Å². The van der Waals surface area contributed by atoms with Gasteiger partial charge in [0.2, 0.25) is 11.9 Å². The standard InChI is InChI=1S/C22H31N5O/c1-15(2)21(28)24-13-16-5-7-18(8-6-16)20-19(17-9-11-23-12-10-17)14-25-22(26-20)27(3)4/h9-12,14-16,18H,5-8,13H2,1-4H3,(H,24,28). The maximum atomic E-state index is 11.8. The molecule has 2 aromatic rings. The number of nitrogens with zero attached hydrogens (tertiary/aromatic N) is 4. The Morgan fingerprint density at radius 1 is 1.18 bits per heavy atom. The number of carbonyl (C=O) groups is 1. The Hall–Kier alpha value is -2.50. The van der Waals surface area contributed by atoms with Crippen molar-refractivity contribution in [2.45, 2.75) is 45.4 Å². The molecular formula is C22H31N5O. The monoisotopic (exact) mass is 381 g/mol. The van der Waals surface area contributed by atoms with Crippen LogP contribution in [0, 0.1) is 11.8 Å². The summed E-state index contributed by atoms with van der Waals surface area (Å²) in [6.45, 7) is 4.66. The minimum atomic E-state index is 0.0460. The van der Waals surface area contributed by atoms with Gasteiger partial charge in [0.05, 0.1) is 5.69 Å². The summed E-state index contributed by atoms with van der Waals surface area (Å²) in [5.74, 6) is 1.91. The lowest BCUT2D eigenvalue weighted by Crippen LogP contribution is -2.33. The third-order valence-electron chi connectivity index (χ3n) is 5.52. The van der Waals surface area contributed by atoms with Gasteiger partial charge in [-0.1, -0.05) is 13.8 Å². The van der Waals surface area contributed by atoms with E-state index in [-0.39, 0.29) is 11.8 Å². The molecule has 150 valence electrons. The molecule has 6 nitrogen and oxygen atoms in total. The van der Waals surface area contributed by atoms with Gasteiger partial charge >= 0.3 is 0 Å². The van der Waals surface area contributed by atoms with Crippen molar-refractivity contribution in [2.75, 3.05) is 25.5 Å². The molecule has 0 aliphatic heterocycles. The van der Waals surface area contributed by atoms with Crippen molar-refractivity contribution in [3.63, 3.8) is 0 Å². The molecule has 6 heteroatoms. The van der Waals surface area contributed by atoms with Crippen molar-refractivity contribution in [3.05, 3.63) is 36.4 Å². The van der Waals surface area contributed by atoms with Gasteiger partial charge in [-0.2, -0.15) is 0 Å². The lowest BCUT2D eigenvalue weighted by Gasteiger charge is -2.30. The molecular weight excluding hydrogens is 350 g/mol. The fourth-order valence-electron chi connectivity index (χ4n) is 3.75. The van der Waals surface area contributed by atoms with Crippen molar-refractivity contribution in [1.82, 2.24) is 20.3 Å². The fraction of sp³-hybridized carbons (Fsp3) is 0.545. The highest BCUT2D eigenvalue weighted by Gasteiger charge is 2.26. The van der Waals surface area contributed by atoms with E-state index in [1.54, 1.807) is 0 Å². The van der Waals surface area contributed by atoms with Crippen LogP contribution in [0.3, 0.4) is 0 Å². The lowest BCUT2D eigenvalue weighted by atomic mass is 9.79. The molecule has 2 heterocycles. The molecule has 0 saturated heterocycles. The number of anilines is 1. The van der Waals surface area contributed by atoms with E-state index in [2.05, 4.69) is 15.3 Å². The Morgan fingerprint density at radius 2 is 1.86 bits per heavy atom. The van der Waals surface area contributed by atoms with Gasteiger partial charge in [0.25, 0.3) is 0 Å². The van der Waals surface area contributed by atoms with E-state index in [0.29, 0.717) is 11.8 Å². The second-order valence-electron chi connectivity index (χ2n) is 8.22. The summed E-state index contributed by atoms with van der Waals surface area (Å²) in [4.78, 5) is 27.4. The van der Waals surface area contributed by atoms with Crippen LogP contribution in [0.2, 0.25) is 0 Å². The summed E-state index contributed by atoms with van der Waals surface area (Å²) >= 11 is 0. The molecule has 0 atom stereocenters. The number of aromatic nitrogens is 3. The molecule has 1 saturated carbocycles. The van der Waals surface area contributed by atoms with E-state index in [1.165, 1.54) is 0 Å². The zero-order chi connectivity index (χ0) is 20.1. The van der Waals surface area contributed by atoms with E-state index in [0.717, 1.165) is 55.0 Å². The van der Waals surface area contributed by atoms with Crippen LogP contribution in [0.15, 0.2) is 30.7 Å². The van der Waals surface area contributed by atoms with Gasteiger partial charge in [-0.15, -0.1) is 0 Å². The topological polar surface area (TPSA) is 71.0 Å². The van der Waals surface area contributed by atoms with Gasteiger partial charge in [-0.05, 0) is 49.3 Å². The highest BCUT2D eigenvalue weighted by Crippen LogP contribution is 2.39. The average molecular weight is 382 g/mol. The first kappa shape index (κ1) is 20.2. The Morgan fingerprint density at radius 3 is 2.46 bits per heavy atom. The normalized spacial score (nSPS) is 19.5. The van der Waals surface area contributed by atoms with Gasteiger partial charge in [0.15, 0.2) is 0 Å². The molecule has 0 bridgehead atoms. The van der Waals surface area contributed by atoms with Crippen LogP contribution in [0.25, 0.3) is 11.1 Å². The maximum absolute atomic E-state index is 11.8.